The van der Waals surface area contributed by atoms with Gasteiger partial charge in [-0.2, -0.15) is 0 Å². The number of esters is 4. The molecule has 136 valence electrons. The fourth-order valence-electron chi connectivity index (χ4n) is 2.37. The summed E-state index contributed by atoms with van der Waals surface area (Å²) in [6.45, 7) is 6.18. The van der Waals surface area contributed by atoms with Gasteiger partial charge in [-0.05, 0) is 0 Å². The molecule has 0 aromatic carbocycles. The summed E-state index contributed by atoms with van der Waals surface area (Å²) in [5.41, 5.74) is 0. The number of hydrogen-bond donors (Lipinski definition) is 0. The minimum absolute atomic E-state index is 0.254. The van der Waals surface area contributed by atoms with Crippen molar-refractivity contribution in [2.75, 3.05) is 6.61 Å². The SMILES string of the molecule is CC(=O)OC[C@H]1O[C@@H](OC(C)=O)[C@H](C)[C@@H](OC(C)=O)[C@@H]1OC(C)=O. The maximum Gasteiger partial charge on any atom is 0.304 e. The zero-order valence-electron chi connectivity index (χ0n) is 14.3. The van der Waals surface area contributed by atoms with Crippen LogP contribution in [0.25, 0.3) is 0 Å². The van der Waals surface area contributed by atoms with E-state index in [1.807, 2.05) is 0 Å². The molecule has 0 aromatic rings. The van der Waals surface area contributed by atoms with E-state index in [1.54, 1.807) is 6.92 Å². The molecule has 1 rings (SSSR count). The summed E-state index contributed by atoms with van der Waals surface area (Å²) < 4.78 is 26.0. The summed E-state index contributed by atoms with van der Waals surface area (Å²) in [4.78, 5) is 45.1. The van der Waals surface area contributed by atoms with Gasteiger partial charge in [0, 0.05) is 27.7 Å². The van der Waals surface area contributed by atoms with E-state index in [2.05, 4.69) is 0 Å². The first-order chi connectivity index (χ1) is 11.1. The summed E-state index contributed by atoms with van der Waals surface area (Å²) in [5, 5.41) is 0. The second-order valence-electron chi connectivity index (χ2n) is 5.46. The molecule has 5 atom stereocenters. The van der Waals surface area contributed by atoms with Gasteiger partial charge < -0.3 is 23.7 Å². The molecule has 1 aliphatic rings. The van der Waals surface area contributed by atoms with Crippen molar-refractivity contribution >= 4 is 23.9 Å². The van der Waals surface area contributed by atoms with Crippen LogP contribution >= 0.6 is 0 Å². The highest BCUT2D eigenvalue weighted by atomic mass is 16.7. The van der Waals surface area contributed by atoms with Crippen LogP contribution in [0.1, 0.15) is 34.6 Å². The van der Waals surface area contributed by atoms with Crippen molar-refractivity contribution in [3.8, 4) is 0 Å². The van der Waals surface area contributed by atoms with Crippen LogP contribution in [0.3, 0.4) is 0 Å². The molecule has 1 heterocycles. The van der Waals surface area contributed by atoms with E-state index >= 15 is 0 Å². The molecule has 0 spiro atoms. The van der Waals surface area contributed by atoms with Crippen LogP contribution in [0.2, 0.25) is 0 Å². The van der Waals surface area contributed by atoms with Crippen LogP contribution in [0.4, 0.5) is 0 Å². The Morgan fingerprint density at radius 3 is 1.75 bits per heavy atom. The zero-order valence-corrected chi connectivity index (χ0v) is 14.3. The van der Waals surface area contributed by atoms with Crippen LogP contribution < -0.4 is 0 Å². The van der Waals surface area contributed by atoms with E-state index in [0.29, 0.717) is 0 Å². The van der Waals surface area contributed by atoms with E-state index in [9.17, 15) is 19.2 Å². The quantitative estimate of drug-likeness (QED) is 0.513. The van der Waals surface area contributed by atoms with Crippen LogP contribution in [-0.2, 0) is 42.9 Å². The molecule has 0 bridgehead atoms. The minimum Gasteiger partial charge on any atom is -0.463 e. The number of hydrogen-bond acceptors (Lipinski definition) is 9. The Balaban J connectivity index is 3.08. The number of rotatable bonds is 5. The molecule has 0 unspecified atom stereocenters. The molecule has 0 amide bonds. The molecule has 9 nitrogen and oxygen atoms in total. The lowest BCUT2D eigenvalue weighted by Gasteiger charge is -2.43. The van der Waals surface area contributed by atoms with Gasteiger partial charge in [0.25, 0.3) is 0 Å². The van der Waals surface area contributed by atoms with Gasteiger partial charge in [0.15, 0.2) is 6.10 Å². The van der Waals surface area contributed by atoms with Gasteiger partial charge in [-0.15, -0.1) is 0 Å². The molecule has 1 fully saturated rings. The lowest BCUT2D eigenvalue weighted by Crippen LogP contribution is -2.58. The number of carbonyl (C=O) groups excluding carboxylic acids is 4. The summed E-state index contributed by atoms with van der Waals surface area (Å²) in [6.07, 6.45) is -3.93. The largest absolute Gasteiger partial charge is 0.463 e. The normalized spacial score (nSPS) is 29.3. The molecular weight excluding hydrogens is 324 g/mol. The Morgan fingerprint density at radius 1 is 0.792 bits per heavy atom. The highest BCUT2D eigenvalue weighted by molar-refractivity contribution is 5.68. The predicted molar refractivity (Wildman–Crippen MR) is 77.3 cm³/mol. The second kappa shape index (κ2) is 8.62. The molecule has 0 aliphatic carbocycles. The maximum atomic E-state index is 11.4. The molecular formula is C15H22O9. The third-order valence-corrected chi connectivity index (χ3v) is 3.28. The van der Waals surface area contributed by atoms with Gasteiger partial charge in [-0.1, -0.05) is 6.92 Å². The molecule has 24 heavy (non-hydrogen) atoms. The Bertz CT molecular complexity index is 485. The third kappa shape index (κ3) is 5.80. The minimum atomic E-state index is -1.04. The van der Waals surface area contributed by atoms with Crippen molar-refractivity contribution in [1.82, 2.24) is 0 Å². The number of carbonyl (C=O) groups is 4. The zero-order chi connectivity index (χ0) is 18.4. The topological polar surface area (TPSA) is 114 Å². The van der Waals surface area contributed by atoms with Crippen LogP contribution in [0.5, 0.6) is 0 Å². The maximum absolute atomic E-state index is 11.4. The Kier molecular flexibility index (Phi) is 7.15. The van der Waals surface area contributed by atoms with Crippen molar-refractivity contribution in [3.05, 3.63) is 0 Å². The first kappa shape index (κ1) is 19.9. The van der Waals surface area contributed by atoms with Gasteiger partial charge in [0.1, 0.15) is 18.8 Å². The first-order valence-electron chi connectivity index (χ1n) is 7.42. The van der Waals surface area contributed by atoms with Crippen molar-refractivity contribution in [2.45, 2.75) is 59.2 Å². The molecule has 1 saturated heterocycles. The van der Waals surface area contributed by atoms with Gasteiger partial charge >= 0.3 is 23.9 Å². The van der Waals surface area contributed by atoms with E-state index in [-0.39, 0.29) is 6.61 Å². The summed E-state index contributed by atoms with van der Waals surface area (Å²) in [5.74, 6) is -2.97. The first-order valence-corrected chi connectivity index (χ1v) is 7.42. The predicted octanol–water partition coefficient (Wildman–Crippen LogP) is 0.337. The molecule has 0 radical (unpaired) electrons. The average Bonchev–Trinajstić information content (AvgIpc) is 2.42. The summed E-state index contributed by atoms with van der Waals surface area (Å²) in [7, 11) is 0. The van der Waals surface area contributed by atoms with Gasteiger partial charge in [-0.3, -0.25) is 19.2 Å². The fraction of sp³-hybridized carbons (Fsp3) is 0.733. The van der Waals surface area contributed by atoms with Crippen LogP contribution in [0.15, 0.2) is 0 Å². The Morgan fingerprint density at radius 2 is 1.29 bits per heavy atom. The third-order valence-electron chi connectivity index (χ3n) is 3.28. The van der Waals surface area contributed by atoms with Crippen molar-refractivity contribution < 1.29 is 42.9 Å². The van der Waals surface area contributed by atoms with E-state index in [1.165, 1.54) is 27.7 Å². The van der Waals surface area contributed by atoms with E-state index in [0.717, 1.165) is 0 Å². The molecule has 1 aliphatic heterocycles. The lowest BCUT2D eigenvalue weighted by molar-refractivity contribution is -0.281. The van der Waals surface area contributed by atoms with Crippen LogP contribution in [-0.4, -0.2) is 55.1 Å². The Hall–Kier alpha value is -2.16. The van der Waals surface area contributed by atoms with Crippen LogP contribution in [0, 0.1) is 5.92 Å². The van der Waals surface area contributed by atoms with Crippen molar-refractivity contribution in [3.63, 3.8) is 0 Å². The standard InChI is InChI=1S/C15H22O9/c1-7-13(21-9(3)17)14(22-10(4)18)12(6-20-8(2)16)24-15(7)23-11(5)19/h7,12-15H,6H2,1-5H3/t7-,12-,13-,14-,15-/m1/s1. The smallest absolute Gasteiger partial charge is 0.304 e. The average molecular weight is 346 g/mol. The molecule has 9 heteroatoms. The Labute approximate surface area is 139 Å². The lowest BCUT2D eigenvalue weighted by atomic mass is 9.92. The van der Waals surface area contributed by atoms with E-state index < -0.39 is 54.4 Å². The molecule has 0 saturated carbocycles. The fourth-order valence-corrected chi connectivity index (χ4v) is 2.37. The van der Waals surface area contributed by atoms with Crippen molar-refractivity contribution in [1.29, 1.82) is 0 Å². The van der Waals surface area contributed by atoms with Gasteiger partial charge in [-0.25, -0.2) is 0 Å². The van der Waals surface area contributed by atoms with Crippen molar-refractivity contribution in [2.24, 2.45) is 5.92 Å². The highest BCUT2D eigenvalue weighted by Gasteiger charge is 2.49. The highest BCUT2D eigenvalue weighted by Crippen LogP contribution is 2.31. The van der Waals surface area contributed by atoms with Gasteiger partial charge in [0.2, 0.25) is 6.29 Å². The van der Waals surface area contributed by atoms with Gasteiger partial charge in [0.05, 0.1) is 5.92 Å². The monoisotopic (exact) mass is 346 g/mol. The summed E-state index contributed by atoms with van der Waals surface area (Å²) >= 11 is 0. The number of ether oxygens (including phenoxy) is 5. The molecule has 0 N–H and O–H groups in total. The molecule has 0 aromatic heterocycles. The van der Waals surface area contributed by atoms with E-state index in [4.69, 9.17) is 23.7 Å². The second-order valence-corrected chi connectivity index (χ2v) is 5.46. The summed E-state index contributed by atoms with van der Waals surface area (Å²) in [6, 6.07) is 0.